The van der Waals surface area contributed by atoms with E-state index in [1.165, 1.54) is 19.3 Å². The third kappa shape index (κ3) is 7.61. The van der Waals surface area contributed by atoms with E-state index in [0.29, 0.717) is 18.2 Å². The fourth-order valence-corrected chi connectivity index (χ4v) is 4.55. The van der Waals surface area contributed by atoms with Gasteiger partial charge in [-0.15, -0.1) is 0 Å². The molecule has 0 radical (unpaired) electrons. The van der Waals surface area contributed by atoms with Gasteiger partial charge in [0.05, 0.1) is 32.8 Å². The molecule has 190 valence electrons. The molecule has 2 fully saturated rings. The molecule has 35 heavy (non-hydrogen) atoms. The monoisotopic (exact) mass is 482 g/mol. The maximum Gasteiger partial charge on any atom is 0.223 e. The number of aliphatic hydroxyl groups is 1. The number of likely N-dealkylation sites (tertiary alicyclic amines) is 1. The Balaban J connectivity index is 1.30. The number of aliphatic hydroxyl groups excluding tert-OH is 1. The number of nitrogens with one attached hydrogen (secondary N) is 1. The lowest BCUT2D eigenvalue weighted by atomic mass is 9.86. The van der Waals surface area contributed by atoms with Crippen LogP contribution in [0.4, 0.5) is 0 Å². The first-order valence-electron chi connectivity index (χ1n) is 12.8. The van der Waals surface area contributed by atoms with E-state index in [1.807, 2.05) is 48.5 Å². The molecule has 1 saturated heterocycles. The van der Waals surface area contributed by atoms with Gasteiger partial charge in [0, 0.05) is 6.54 Å². The molecule has 0 bridgehead atoms. The molecule has 4 rings (SSSR count). The smallest absolute Gasteiger partial charge is 0.223 e. The van der Waals surface area contributed by atoms with Crippen molar-refractivity contribution in [2.45, 2.75) is 50.7 Å². The second kappa shape index (κ2) is 12.8. The van der Waals surface area contributed by atoms with Gasteiger partial charge in [0.15, 0.2) is 0 Å². The third-order valence-electron chi connectivity index (χ3n) is 6.97. The van der Waals surface area contributed by atoms with Crippen molar-refractivity contribution in [3.63, 3.8) is 0 Å². The molecule has 1 heterocycles. The van der Waals surface area contributed by atoms with Gasteiger partial charge in [-0.1, -0.05) is 18.6 Å². The van der Waals surface area contributed by atoms with Gasteiger partial charge in [-0.3, -0.25) is 4.79 Å². The Morgan fingerprint density at radius 2 is 1.60 bits per heavy atom. The van der Waals surface area contributed by atoms with Crippen molar-refractivity contribution in [2.75, 3.05) is 40.0 Å². The number of benzene rings is 2. The van der Waals surface area contributed by atoms with Crippen LogP contribution in [0.1, 0.15) is 50.2 Å². The Labute approximate surface area is 208 Å². The normalized spacial score (nSPS) is 17.9. The quantitative estimate of drug-likeness (QED) is 0.450. The number of carbonyl (C=O) groups excluding carboxylic acids is 1. The molecule has 1 aliphatic carbocycles. The summed E-state index contributed by atoms with van der Waals surface area (Å²) in [5.41, 5.74) is 0.778. The summed E-state index contributed by atoms with van der Waals surface area (Å²) in [7, 11) is 1.62. The van der Waals surface area contributed by atoms with Gasteiger partial charge in [0.1, 0.15) is 23.4 Å². The fraction of sp³-hybridized carbons (Fsp3) is 0.536. The van der Waals surface area contributed by atoms with Crippen LogP contribution in [0.5, 0.6) is 17.2 Å². The maximum atomic E-state index is 12.7. The van der Waals surface area contributed by atoms with E-state index in [9.17, 15) is 9.90 Å². The highest BCUT2D eigenvalue weighted by atomic mass is 16.5. The molecule has 2 aliphatic rings. The van der Waals surface area contributed by atoms with Crippen molar-refractivity contribution in [3.05, 3.63) is 54.1 Å². The highest BCUT2D eigenvalue weighted by Gasteiger charge is 2.27. The van der Waals surface area contributed by atoms with Gasteiger partial charge in [-0.25, -0.2) is 0 Å². The number of carbonyl (C=O) groups is 1. The van der Waals surface area contributed by atoms with Crippen LogP contribution in [-0.2, 0) is 4.79 Å². The number of amides is 1. The highest BCUT2D eigenvalue weighted by Crippen LogP contribution is 2.28. The second-order valence-corrected chi connectivity index (χ2v) is 9.58. The second-order valence-electron chi connectivity index (χ2n) is 9.58. The standard InChI is InChI=1S/C28H38N2O5/c1-33-23-11-13-24(14-12-23)34-18-15-27(31)29-26(19-30-16-2-3-17-30)28(32)22-7-9-25(10-8-22)35-20-21-5-4-6-21/h7-14,21,26,28,32H,2-6,15-20H2,1H3,(H,29,31)/t26-,28-/m1/s1. The molecular formula is C28H38N2O5. The molecule has 1 amide bonds. The number of hydrogen-bond donors (Lipinski definition) is 2. The first-order chi connectivity index (χ1) is 17.1. The fourth-order valence-electron chi connectivity index (χ4n) is 4.55. The molecule has 2 N–H and O–H groups in total. The summed E-state index contributed by atoms with van der Waals surface area (Å²) in [6, 6.07) is 14.5. The van der Waals surface area contributed by atoms with Crippen molar-refractivity contribution < 1.29 is 24.1 Å². The third-order valence-corrected chi connectivity index (χ3v) is 6.97. The zero-order valence-electron chi connectivity index (χ0n) is 20.7. The average molecular weight is 483 g/mol. The molecule has 7 nitrogen and oxygen atoms in total. The van der Waals surface area contributed by atoms with E-state index >= 15 is 0 Å². The Morgan fingerprint density at radius 3 is 2.23 bits per heavy atom. The van der Waals surface area contributed by atoms with Crippen LogP contribution in [0.25, 0.3) is 0 Å². The van der Waals surface area contributed by atoms with Gasteiger partial charge in [-0.05, 0) is 86.7 Å². The minimum atomic E-state index is -0.803. The Hall–Kier alpha value is -2.77. The molecule has 1 saturated carbocycles. The van der Waals surface area contributed by atoms with E-state index in [2.05, 4.69) is 10.2 Å². The van der Waals surface area contributed by atoms with E-state index in [0.717, 1.165) is 49.6 Å². The van der Waals surface area contributed by atoms with E-state index in [-0.39, 0.29) is 18.9 Å². The zero-order valence-corrected chi connectivity index (χ0v) is 20.7. The van der Waals surface area contributed by atoms with Crippen molar-refractivity contribution in [2.24, 2.45) is 5.92 Å². The topological polar surface area (TPSA) is 80.3 Å². The molecule has 2 aromatic rings. The molecule has 1 aliphatic heterocycles. The predicted molar refractivity (Wildman–Crippen MR) is 135 cm³/mol. The summed E-state index contributed by atoms with van der Waals surface area (Å²) in [4.78, 5) is 15.0. The summed E-state index contributed by atoms with van der Waals surface area (Å²) in [6.45, 7) is 3.62. The van der Waals surface area contributed by atoms with Gasteiger partial charge in [0.2, 0.25) is 5.91 Å². The summed E-state index contributed by atoms with van der Waals surface area (Å²) >= 11 is 0. The van der Waals surface area contributed by atoms with Crippen molar-refractivity contribution in [3.8, 4) is 17.2 Å². The lowest BCUT2D eigenvalue weighted by molar-refractivity contribution is -0.123. The number of nitrogens with zero attached hydrogens (tertiary/aromatic N) is 1. The van der Waals surface area contributed by atoms with Crippen LogP contribution in [0.3, 0.4) is 0 Å². The van der Waals surface area contributed by atoms with Crippen LogP contribution in [0.2, 0.25) is 0 Å². The van der Waals surface area contributed by atoms with Crippen LogP contribution in [-0.4, -0.2) is 61.9 Å². The Kier molecular flexibility index (Phi) is 9.26. The van der Waals surface area contributed by atoms with Crippen molar-refractivity contribution >= 4 is 5.91 Å². The van der Waals surface area contributed by atoms with E-state index < -0.39 is 12.1 Å². The minimum Gasteiger partial charge on any atom is -0.497 e. The van der Waals surface area contributed by atoms with Crippen LogP contribution >= 0.6 is 0 Å². The molecular weight excluding hydrogens is 444 g/mol. The molecule has 2 atom stereocenters. The number of methoxy groups -OCH3 is 1. The lowest BCUT2D eigenvalue weighted by Gasteiger charge is -2.29. The van der Waals surface area contributed by atoms with Gasteiger partial charge >= 0.3 is 0 Å². The van der Waals surface area contributed by atoms with Crippen molar-refractivity contribution in [1.82, 2.24) is 10.2 Å². The maximum absolute atomic E-state index is 12.7. The molecule has 0 unspecified atom stereocenters. The lowest BCUT2D eigenvalue weighted by Crippen LogP contribution is -2.47. The largest absolute Gasteiger partial charge is 0.497 e. The SMILES string of the molecule is COc1ccc(OCCC(=O)N[C@H](CN2CCCC2)[C@H](O)c2ccc(OCC3CCC3)cc2)cc1. The van der Waals surface area contributed by atoms with Crippen LogP contribution < -0.4 is 19.5 Å². The summed E-state index contributed by atoms with van der Waals surface area (Å²) in [5, 5.41) is 14.2. The minimum absolute atomic E-state index is 0.137. The molecule has 2 aromatic carbocycles. The zero-order chi connectivity index (χ0) is 24.5. The van der Waals surface area contributed by atoms with Gasteiger partial charge in [-0.2, -0.15) is 0 Å². The molecule has 7 heteroatoms. The number of ether oxygens (including phenoxy) is 3. The first kappa shape index (κ1) is 25.3. The van der Waals surface area contributed by atoms with Crippen LogP contribution in [0, 0.1) is 5.92 Å². The summed E-state index contributed by atoms with van der Waals surface area (Å²) in [5.74, 6) is 2.80. The molecule has 0 aromatic heterocycles. The Bertz CT molecular complexity index is 908. The molecule has 0 spiro atoms. The van der Waals surface area contributed by atoms with Gasteiger partial charge in [0.25, 0.3) is 0 Å². The number of hydrogen-bond acceptors (Lipinski definition) is 6. The number of rotatable bonds is 13. The highest BCUT2D eigenvalue weighted by molar-refractivity contribution is 5.76. The summed E-state index contributed by atoms with van der Waals surface area (Å²) < 4.78 is 16.7. The van der Waals surface area contributed by atoms with Crippen molar-refractivity contribution in [1.29, 1.82) is 0 Å². The van der Waals surface area contributed by atoms with Crippen LogP contribution in [0.15, 0.2) is 48.5 Å². The average Bonchev–Trinajstić information content (AvgIpc) is 3.36. The van der Waals surface area contributed by atoms with E-state index in [4.69, 9.17) is 14.2 Å². The van der Waals surface area contributed by atoms with E-state index in [1.54, 1.807) is 7.11 Å². The Morgan fingerprint density at radius 1 is 0.971 bits per heavy atom. The summed E-state index contributed by atoms with van der Waals surface area (Å²) in [6.07, 6.45) is 5.52. The predicted octanol–water partition coefficient (Wildman–Crippen LogP) is 3.96. The van der Waals surface area contributed by atoms with Gasteiger partial charge < -0.3 is 29.5 Å². The first-order valence-corrected chi connectivity index (χ1v) is 12.8.